The number of rotatable bonds is 2. The van der Waals surface area contributed by atoms with E-state index in [4.69, 9.17) is 17.3 Å². The van der Waals surface area contributed by atoms with Gasteiger partial charge in [-0.25, -0.2) is 4.68 Å². The van der Waals surface area contributed by atoms with Gasteiger partial charge in [0, 0.05) is 12.4 Å². The van der Waals surface area contributed by atoms with E-state index >= 15 is 0 Å². The van der Waals surface area contributed by atoms with Crippen molar-refractivity contribution in [1.29, 1.82) is 0 Å². The van der Waals surface area contributed by atoms with Gasteiger partial charge in [0.1, 0.15) is 10.8 Å². The van der Waals surface area contributed by atoms with Crippen molar-refractivity contribution >= 4 is 17.4 Å². The molecule has 0 aliphatic rings. The molecule has 0 amide bonds. The van der Waals surface area contributed by atoms with Gasteiger partial charge in [-0.1, -0.05) is 11.6 Å². The third-order valence-electron chi connectivity index (χ3n) is 1.91. The second kappa shape index (κ2) is 3.67. The lowest BCUT2D eigenvalue weighted by molar-refractivity contribution is 0.696. The monoisotopic (exact) mass is 208 g/mol. The third kappa shape index (κ3) is 1.70. The molecule has 0 saturated heterocycles. The molecule has 0 aromatic carbocycles. The van der Waals surface area contributed by atoms with Crippen LogP contribution in [0.15, 0.2) is 30.7 Å². The zero-order valence-corrected chi connectivity index (χ0v) is 8.15. The number of hydrogen-bond donors (Lipinski definition) is 1. The minimum Gasteiger partial charge on any atom is -0.383 e. The van der Waals surface area contributed by atoms with Gasteiger partial charge in [-0.2, -0.15) is 5.10 Å². The molecule has 0 bridgehead atoms. The van der Waals surface area contributed by atoms with Crippen molar-refractivity contribution in [2.45, 2.75) is 6.54 Å². The van der Waals surface area contributed by atoms with Crippen LogP contribution in [-0.4, -0.2) is 14.8 Å². The van der Waals surface area contributed by atoms with Crippen molar-refractivity contribution in [2.24, 2.45) is 0 Å². The lowest BCUT2D eigenvalue weighted by Gasteiger charge is -2.03. The number of halogens is 1. The summed E-state index contributed by atoms with van der Waals surface area (Å²) in [5, 5.41) is 4.54. The van der Waals surface area contributed by atoms with Crippen molar-refractivity contribution in [3.8, 4) is 0 Å². The molecule has 14 heavy (non-hydrogen) atoms. The van der Waals surface area contributed by atoms with Crippen molar-refractivity contribution < 1.29 is 0 Å². The molecule has 0 aliphatic heterocycles. The molecule has 2 heterocycles. The quantitative estimate of drug-likeness (QED) is 0.815. The van der Waals surface area contributed by atoms with Gasteiger partial charge in [-0.05, 0) is 17.7 Å². The van der Waals surface area contributed by atoms with Crippen molar-refractivity contribution in [2.75, 3.05) is 5.73 Å². The van der Waals surface area contributed by atoms with E-state index in [9.17, 15) is 0 Å². The van der Waals surface area contributed by atoms with E-state index in [0.29, 0.717) is 17.4 Å². The van der Waals surface area contributed by atoms with Gasteiger partial charge in [-0.15, -0.1) is 0 Å². The maximum absolute atomic E-state index is 5.77. The van der Waals surface area contributed by atoms with Crippen LogP contribution in [0, 0.1) is 0 Å². The Labute approximate surface area is 86.3 Å². The number of anilines is 1. The second-order valence-corrected chi connectivity index (χ2v) is 3.30. The number of hydrogen-bond acceptors (Lipinski definition) is 3. The summed E-state index contributed by atoms with van der Waals surface area (Å²) in [6.07, 6.45) is 5.01. The van der Waals surface area contributed by atoms with Gasteiger partial charge in [-0.3, -0.25) is 4.98 Å². The molecule has 0 saturated carbocycles. The minimum absolute atomic E-state index is 0.485. The molecule has 0 spiro atoms. The van der Waals surface area contributed by atoms with Crippen LogP contribution in [0.1, 0.15) is 5.56 Å². The third-order valence-corrected chi connectivity index (χ3v) is 2.21. The highest BCUT2D eigenvalue weighted by atomic mass is 35.5. The standard InChI is InChI=1S/C9H9ClN4/c10-8-5-13-14(9(8)11)6-7-1-3-12-4-2-7/h1-5H,6,11H2. The fourth-order valence-electron chi connectivity index (χ4n) is 1.16. The summed E-state index contributed by atoms with van der Waals surface area (Å²) >= 11 is 5.77. The van der Waals surface area contributed by atoms with E-state index in [1.165, 1.54) is 6.20 Å². The number of pyridine rings is 1. The van der Waals surface area contributed by atoms with Gasteiger partial charge in [0.2, 0.25) is 0 Å². The molecule has 4 nitrogen and oxygen atoms in total. The molecule has 2 aromatic heterocycles. The summed E-state index contributed by atoms with van der Waals surface area (Å²) in [6, 6.07) is 3.82. The fraction of sp³-hybridized carbons (Fsp3) is 0.111. The first kappa shape index (κ1) is 9.02. The van der Waals surface area contributed by atoms with Crippen LogP contribution in [0.25, 0.3) is 0 Å². The van der Waals surface area contributed by atoms with Gasteiger partial charge in [0.25, 0.3) is 0 Å². The van der Waals surface area contributed by atoms with Crippen LogP contribution >= 0.6 is 11.6 Å². The van der Waals surface area contributed by atoms with Crippen molar-refractivity contribution in [3.05, 3.63) is 41.3 Å². The van der Waals surface area contributed by atoms with Crippen LogP contribution in [0.4, 0.5) is 5.82 Å². The molecular weight excluding hydrogens is 200 g/mol. The lowest BCUT2D eigenvalue weighted by atomic mass is 10.3. The van der Waals surface area contributed by atoms with E-state index in [2.05, 4.69) is 10.1 Å². The first-order valence-electron chi connectivity index (χ1n) is 4.13. The topological polar surface area (TPSA) is 56.7 Å². The molecular formula is C9H9ClN4. The summed E-state index contributed by atoms with van der Waals surface area (Å²) in [5.74, 6) is 0.489. The molecule has 0 atom stereocenters. The van der Waals surface area contributed by atoms with Crippen LogP contribution in [0.2, 0.25) is 5.02 Å². The van der Waals surface area contributed by atoms with Crippen LogP contribution < -0.4 is 5.73 Å². The Morgan fingerprint density at radius 3 is 2.64 bits per heavy atom. The predicted molar refractivity (Wildman–Crippen MR) is 55.0 cm³/mol. The Hall–Kier alpha value is -1.55. The lowest BCUT2D eigenvalue weighted by Crippen LogP contribution is -2.05. The summed E-state index contributed by atoms with van der Waals surface area (Å²) in [6.45, 7) is 0.612. The summed E-state index contributed by atoms with van der Waals surface area (Å²) in [5.41, 5.74) is 6.79. The highest BCUT2D eigenvalue weighted by Crippen LogP contribution is 2.17. The molecule has 2 rings (SSSR count). The van der Waals surface area contributed by atoms with E-state index in [1.807, 2.05) is 12.1 Å². The van der Waals surface area contributed by atoms with Gasteiger partial charge < -0.3 is 5.73 Å². The Morgan fingerprint density at radius 1 is 1.36 bits per heavy atom. The highest BCUT2D eigenvalue weighted by Gasteiger charge is 2.04. The Bertz CT molecular complexity index is 424. The molecule has 0 radical (unpaired) electrons. The molecule has 2 N–H and O–H groups in total. The van der Waals surface area contributed by atoms with E-state index < -0.39 is 0 Å². The van der Waals surface area contributed by atoms with E-state index in [1.54, 1.807) is 17.1 Å². The van der Waals surface area contributed by atoms with Crippen molar-refractivity contribution in [1.82, 2.24) is 14.8 Å². The summed E-state index contributed by atoms with van der Waals surface area (Å²) < 4.78 is 1.65. The first-order valence-corrected chi connectivity index (χ1v) is 4.51. The number of aromatic nitrogens is 3. The Morgan fingerprint density at radius 2 is 2.07 bits per heavy atom. The largest absolute Gasteiger partial charge is 0.383 e. The molecule has 5 heteroatoms. The fourth-order valence-corrected chi connectivity index (χ4v) is 1.30. The average molecular weight is 209 g/mol. The first-order chi connectivity index (χ1) is 6.77. The molecule has 72 valence electrons. The van der Waals surface area contributed by atoms with Crippen LogP contribution in [0.3, 0.4) is 0 Å². The average Bonchev–Trinajstić information content (AvgIpc) is 2.52. The highest BCUT2D eigenvalue weighted by molar-refractivity contribution is 6.32. The van der Waals surface area contributed by atoms with Crippen molar-refractivity contribution in [3.63, 3.8) is 0 Å². The number of nitrogens with two attached hydrogens (primary N) is 1. The predicted octanol–water partition coefficient (Wildman–Crippen LogP) is 1.56. The minimum atomic E-state index is 0.485. The molecule has 0 aliphatic carbocycles. The number of nitrogen functional groups attached to an aromatic ring is 1. The Kier molecular flexibility index (Phi) is 2.37. The van der Waals surface area contributed by atoms with E-state index in [-0.39, 0.29) is 0 Å². The second-order valence-electron chi connectivity index (χ2n) is 2.89. The van der Waals surface area contributed by atoms with Crippen LogP contribution in [-0.2, 0) is 6.54 Å². The number of nitrogens with zero attached hydrogens (tertiary/aromatic N) is 3. The maximum Gasteiger partial charge on any atom is 0.140 e. The maximum atomic E-state index is 5.77. The SMILES string of the molecule is Nc1c(Cl)cnn1Cc1ccncc1. The summed E-state index contributed by atoms with van der Waals surface area (Å²) in [7, 11) is 0. The normalized spacial score (nSPS) is 10.4. The zero-order valence-electron chi connectivity index (χ0n) is 7.39. The van der Waals surface area contributed by atoms with Crippen LogP contribution in [0.5, 0.6) is 0 Å². The van der Waals surface area contributed by atoms with E-state index in [0.717, 1.165) is 5.56 Å². The van der Waals surface area contributed by atoms with Gasteiger partial charge >= 0.3 is 0 Å². The molecule has 2 aromatic rings. The van der Waals surface area contributed by atoms with Gasteiger partial charge in [0.05, 0.1) is 12.7 Å². The molecule has 0 fully saturated rings. The smallest absolute Gasteiger partial charge is 0.140 e. The molecule has 0 unspecified atom stereocenters. The van der Waals surface area contributed by atoms with Gasteiger partial charge in [0.15, 0.2) is 0 Å². The Balaban J connectivity index is 2.23. The summed E-state index contributed by atoms with van der Waals surface area (Å²) in [4.78, 5) is 3.93. The zero-order chi connectivity index (χ0) is 9.97.